The number of hydrogen-bond donors (Lipinski definition) is 0. The highest BCUT2D eigenvalue weighted by molar-refractivity contribution is 7.10. The van der Waals surface area contributed by atoms with Crippen molar-refractivity contribution in [2.24, 2.45) is 0 Å². The van der Waals surface area contributed by atoms with Crippen LogP contribution < -0.4 is 14.2 Å². The van der Waals surface area contributed by atoms with E-state index in [1.807, 2.05) is 24.3 Å². The third-order valence-electron chi connectivity index (χ3n) is 3.64. The second kappa shape index (κ2) is 8.01. The lowest BCUT2D eigenvalue weighted by atomic mass is 10.0. The molecule has 0 bridgehead atoms. The van der Waals surface area contributed by atoms with Gasteiger partial charge in [0.2, 0.25) is 0 Å². The number of rotatable bonds is 5. The first-order valence-electron chi connectivity index (χ1n) is 8.07. The largest absolute Gasteiger partial charge is 0.497 e. The molecule has 6 nitrogen and oxygen atoms in total. The van der Waals surface area contributed by atoms with Crippen molar-refractivity contribution in [2.45, 2.75) is 13.8 Å². The molecule has 0 unspecified atom stereocenters. The van der Waals surface area contributed by atoms with Gasteiger partial charge in [0.05, 0.1) is 12.0 Å². The summed E-state index contributed by atoms with van der Waals surface area (Å²) in [7, 11) is 1.61. The van der Waals surface area contributed by atoms with Crippen molar-refractivity contribution in [2.75, 3.05) is 7.11 Å². The molecule has 27 heavy (non-hydrogen) atoms. The van der Waals surface area contributed by atoms with Crippen LogP contribution in [0.4, 0.5) is 0 Å². The Morgan fingerprint density at radius 3 is 1.96 bits per heavy atom. The number of esters is 2. The van der Waals surface area contributed by atoms with Crippen molar-refractivity contribution < 1.29 is 23.8 Å². The topological polar surface area (TPSA) is 74.7 Å². The van der Waals surface area contributed by atoms with Crippen LogP contribution in [0.2, 0.25) is 0 Å². The van der Waals surface area contributed by atoms with E-state index < -0.39 is 11.9 Å². The minimum atomic E-state index is -0.458. The van der Waals surface area contributed by atoms with Gasteiger partial charge < -0.3 is 14.2 Å². The highest BCUT2D eigenvalue weighted by Crippen LogP contribution is 2.39. The molecule has 0 aliphatic carbocycles. The van der Waals surface area contributed by atoms with E-state index >= 15 is 0 Å². The molecule has 1 aromatic heterocycles. The standard InChI is InChI=1S/C20H17NO5S/c1-12(22)25-17-8-15(9-18(10-17)26-13(2)23)20-19(11-21-27-20)14-4-6-16(24-3)7-5-14/h4-11H,1-3H3. The molecule has 0 aliphatic heterocycles. The molecular weight excluding hydrogens is 366 g/mol. The number of aromatic nitrogens is 1. The van der Waals surface area contributed by atoms with Crippen molar-refractivity contribution in [3.05, 3.63) is 48.7 Å². The lowest BCUT2D eigenvalue weighted by Gasteiger charge is -2.10. The molecule has 0 spiro atoms. The fourth-order valence-electron chi connectivity index (χ4n) is 2.58. The van der Waals surface area contributed by atoms with Gasteiger partial charge in [0.1, 0.15) is 17.2 Å². The second-order valence-electron chi connectivity index (χ2n) is 5.68. The maximum atomic E-state index is 11.3. The summed E-state index contributed by atoms with van der Waals surface area (Å²) in [6.07, 6.45) is 1.77. The number of carbonyl (C=O) groups excluding carboxylic acids is 2. The summed E-state index contributed by atoms with van der Waals surface area (Å²) >= 11 is 1.30. The third-order valence-corrected chi connectivity index (χ3v) is 4.49. The van der Waals surface area contributed by atoms with Crippen LogP contribution in [0.3, 0.4) is 0 Å². The van der Waals surface area contributed by atoms with Gasteiger partial charge >= 0.3 is 11.9 Å². The Balaban J connectivity index is 2.06. The smallest absolute Gasteiger partial charge is 0.308 e. The minimum Gasteiger partial charge on any atom is -0.497 e. The van der Waals surface area contributed by atoms with Gasteiger partial charge in [-0.2, -0.15) is 4.37 Å². The number of methoxy groups -OCH3 is 1. The SMILES string of the molecule is COc1ccc(-c2cnsc2-c2cc(OC(C)=O)cc(OC(C)=O)c2)cc1. The molecule has 7 heteroatoms. The predicted octanol–water partition coefficient (Wildman–Crippen LogP) is 4.34. The molecular formula is C20H17NO5S. The van der Waals surface area contributed by atoms with E-state index in [2.05, 4.69) is 4.37 Å². The first-order valence-corrected chi connectivity index (χ1v) is 8.85. The van der Waals surface area contributed by atoms with E-state index in [9.17, 15) is 9.59 Å². The fraction of sp³-hybridized carbons (Fsp3) is 0.150. The fourth-order valence-corrected chi connectivity index (χ4v) is 3.33. The van der Waals surface area contributed by atoms with E-state index in [0.717, 1.165) is 27.3 Å². The van der Waals surface area contributed by atoms with E-state index in [4.69, 9.17) is 14.2 Å². The van der Waals surface area contributed by atoms with E-state index in [0.29, 0.717) is 11.5 Å². The molecule has 0 saturated heterocycles. The van der Waals surface area contributed by atoms with E-state index in [1.165, 1.54) is 31.4 Å². The third kappa shape index (κ3) is 4.51. The van der Waals surface area contributed by atoms with E-state index in [-0.39, 0.29) is 0 Å². The van der Waals surface area contributed by atoms with Gasteiger partial charge in [0, 0.05) is 37.2 Å². The quantitative estimate of drug-likeness (QED) is 0.482. The van der Waals surface area contributed by atoms with Gasteiger partial charge in [-0.15, -0.1) is 0 Å². The molecule has 3 rings (SSSR count). The maximum absolute atomic E-state index is 11.3. The number of carbonyl (C=O) groups is 2. The summed E-state index contributed by atoms with van der Waals surface area (Å²) in [6, 6.07) is 12.6. The zero-order chi connectivity index (χ0) is 19.4. The molecule has 138 valence electrons. The monoisotopic (exact) mass is 383 g/mol. The highest BCUT2D eigenvalue weighted by atomic mass is 32.1. The number of ether oxygens (including phenoxy) is 3. The molecule has 0 radical (unpaired) electrons. The van der Waals surface area contributed by atoms with Crippen molar-refractivity contribution in [1.82, 2.24) is 4.37 Å². The van der Waals surface area contributed by atoms with Gasteiger partial charge in [-0.3, -0.25) is 9.59 Å². The van der Waals surface area contributed by atoms with Gasteiger partial charge in [0.15, 0.2) is 0 Å². The van der Waals surface area contributed by atoms with E-state index in [1.54, 1.807) is 25.4 Å². The van der Waals surface area contributed by atoms with Crippen LogP contribution in [0.5, 0.6) is 17.2 Å². The average molecular weight is 383 g/mol. The average Bonchev–Trinajstić information content (AvgIpc) is 3.10. The van der Waals surface area contributed by atoms with Gasteiger partial charge in [-0.25, -0.2) is 0 Å². The van der Waals surface area contributed by atoms with Crippen LogP contribution in [0.15, 0.2) is 48.7 Å². The molecule has 0 amide bonds. The molecule has 0 fully saturated rings. The highest BCUT2D eigenvalue weighted by Gasteiger charge is 2.15. The normalized spacial score (nSPS) is 10.3. The Bertz CT molecular complexity index is 944. The number of benzene rings is 2. The Hall–Kier alpha value is -3.19. The van der Waals surface area contributed by atoms with Crippen molar-refractivity contribution in [1.29, 1.82) is 0 Å². The molecule has 1 heterocycles. The van der Waals surface area contributed by atoms with Gasteiger partial charge in [-0.1, -0.05) is 12.1 Å². The zero-order valence-electron chi connectivity index (χ0n) is 15.0. The first-order chi connectivity index (χ1) is 13.0. The van der Waals surface area contributed by atoms with Crippen LogP contribution in [0, 0.1) is 0 Å². The van der Waals surface area contributed by atoms with Gasteiger partial charge in [0.25, 0.3) is 0 Å². The Labute approximate surface area is 160 Å². The minimum absolute atomic E-state index is 0.297. The van der Waals surface area contributed by atoms with Crippen LogP contribution >= 0.6 is 11.5 Å². The molecule has 0 N–H and O–H groups in total. The van der Waals surface area contributed by atoms with Crippen molar-refractivity contribution >= 4 is 23.5 Å². The van der Waals surface area contributed by atoms with Crippen LogP contribution in [-0.2, 0) is 9.59 Å². The molecule has 0 saturated carbocycles. The number of nitrogens with zero attached hydrogens (tertiary/aromatic N) is 1. The molecule has 0 atom stereocenters. The molecule has 3 aromatic rings. The Morgan fingerprint density at radius 1 is 0.852 bits per heavy atom. The van der Waals surface area contributed by atoms with Crippen LogP contribution in [0.25, 0.3) is 21.6 Å². The lowest BCUT2D eigenvalue weighted by molar-refractivity contribution is -0.132. The lowest BCUT2D eigenvalue weighted by Crippen LogP contribution is -2.04. The predicted molar refractivity (Wildman–Crippen MR) is 102 cm³/mol. The van der Waals surface area contributed by atoms with Gasteiger partial charge in [-0.05, 0) is 41.4 Å². The van der Waals surface area contributed by atoms with Crippen LogP contribution in [0.1, 0.15) is 13.8 Å². The summed E-state index contributed by atoms with van der Waals surface area (Å²) in [5, 5.41) is 0. The molecule has 0 aliphatic rings. The summed E-state index contributed by atoms with van der Waals surface area (Å²) in [5.74, 6) is 0.439. The van der Waals surface area contributed by atoms with Crippen molar-refractivity contribution in [3.8, 4) is 38.8 Å². The molecule has 2 aromatic carbocycles. The number of hydrogen-bond acceptors (Lipinski definition) is 7. The Kier molecular flexibility index (Phi) is 5.52. The maximum Gasteiger partial charge on any atom is 0.308 e. The Morgan fingerprint density at radius 2 is 1.44 bits per heavy atom. The van der Waals surface area contributed by atoms with Crippen LogP contribution in [-0.4, -0.2) is 23.4 Å². The summed E-state index contributed by atoms with van der Waals surface area (Å²) in [4.78, 5) is 23.5. The summed E-state index contributed by atoms with van der Waals surface area (Å²) < 4.78 is 19.9. The zero-order valence-corrected chi connectivity index (χ0v) is 15.8. The summed E-state index contributed by atoms with van der Waals surface area (Å²) in [6.45, 7) is 2.63. The first kappa shape index (κ1) is 18.6. The summed E-state index contributed by atoms with van der Waals surface area (Å²) in [5.41, 5.74) is 2.61. The second-order valence-corrected chi connectivity index (χ2v) is 6.48. The van der Waals surface area contributed by atoms with Crippen molar-refractivity contribution in [3.63, 3.8) is 0 Å².